The Morgan fingerprint density at radius 1 is 1.00 bits per heavy atom. The van der Waals surface area contributed by atoms with Crippen LogP contribution in [0.3, 0.4) is 0 Å². The molecule has 0 saturated heterocycles. The minimum atomic E-state index is 0.208. The van der Waals surface area contributed by atoms with Crippen LogP contribution in [0.1, 0.15) is 5.56 Å². The molecule has 4 heteroatoms. The predicted octanol–water partition coefficient (Wildman–Crippen LogP) is 4.95. The van der Waals surface area contributed by atoms with Crippen LogP contribution < -0.4 is 4.74 Å². The topological polar surface area (TPSA) is 45.9 Å². The maximum Gasteiger partial charge on any atom is 0.148 e. The summed E-state index contributed by atoms with van der Waals surface area (Å²) in [5.74, 6) is 0.775. The predicted molar refractivity (Wildman–Crippen MR) is 91.4 cm³/mol. The standard InChI is InChI=1S/C19H13ClN2O/c1-23-15-9-7-14(8-10-15)18-11-16(13-5-3-2-4-6-13)17(12-21)19(20)22-18/h2-11H,1H3. The fourth-order valence-corrected chi connectivity index (χ4v) is 2.61. The monoisotopic (exact) mass is 320 g/mol. The van der Waals surface area contributed by atoms with E-state index in [1.54, 1.807) is 7.11 Å². The molecule has 3 rings (SSSR count). The van der Waals surface area contributed by atoms with Gasteiger partial charge in [0.05, 0.1) is 18.4 Å². The summed E-state index contributed by atoms with van der Waals surface area (Å²) in [6.07, 6.45) is 0. The van der Waals surface area contributed by atoms with Crippen LogP contribution in [-0.4, -0.2) is 12.1 Å². The van der Waals surface area contributed by atoms with Gasteiger partial charge in [0.15, 0.2) is 0 Å². The lowest BCUT2D eigenvalue weighted by Gasteiger charge is -2.10. The molecule has 0 fully saturated rings. The van der Waals surface area contributed by atoms with Crippen LogP contribution in [0.5, 0.6) is 5.75 Å². The minimum absolute atomic E-state index is 0.208. The van der Waals surface area contributed by atoms with Gasteiger partial charge in [0, 0.05) is 11.1 Å². The molecule has 1 aromatic heterocycles. The van der Waals surface area contributed by atoms with E-state index >= 15 is 0 Å². The molecule has 0 amide bonds. The van der Waals surface area contributed by atoms with E-state index < -0.39 is 0 Å². The number of pyridine rings is 1. The second kappa shape index (κ2) is 6.51. The Labute approximate surface area is 139 Å². The maximum absolute atomic E-state index is 9.40. The minimum Gasteiger partial charge on any atom is -0.497 e. The second-order valence-corrected chi connectivity index (χ2v) is 5.29. The summed E-state index contributed by atoms with van der Waals surface area (Å²) in [4.78, 5) is 4.36. The van der Waals surface area contributed by atoms with Crippen molar-refractivity contribution in [2.45, 2.75) is 0 Å². The molecule has 0 N–H and O–H groups in total. The number of ether oxygens (including phenoxy) is 1. The van der Waals surface area contributed by atoms with Crippen molar-refractivity contribution in [3.8, 4) is 34.2 Å². The highest BCUT2D eigenvalue weighted by molar-refractivity contribution is 6.31. The van der Waals surface area contributed by atoms with E-state index in [0.717, 1.165) is 28.1 Å². The largest absolute Gasteiger partial charge is 0.497 e. The molecule has 0 bridgehead atoms. The van der Waals surface area contributed by atoms with Crippen molar-refractivity contribution in [3.63, 3.8) is 0 Å². The molecule has 0 atom stereocenters. The SMILES string of the molecule is COc1ccc(-c2cc(-c3ccccc3)c(C#N)c(Cl)n2)cc1. The van der Waals surface area contributed by atoms with Crippen molar-refractivity contribution < 1.29 is 4.74 Å². The third-order valence-corrected chi connectivity index (χ3v) is 3.83. The van der Waals surface area contributed by atoms with Crippen molar-refractivity contribution in [2.24, 2.45) is 0 Å². The van der Waals surface area contributed by atoms with E-state index in [1.165, 1.54) is 0 Å². The summed E-state index contributed by atoms with van der Waals surface area (Å²) in [6.45, 7) is 0. The lowest BCUT2D eigenvalue weighted by Crippen LogP contribution is -1.93. The first-order chi connectivity index (χ1) is 11.2. The fourth-order valence-electron chi connectivity index (χ4n) is 2.38. The summed E-state index contributed by atoms with van der Waals surface area (Å²) >= 11 is 6.23. The van der Waals surface area contributed by atoms with Gasteiger partial charge in [0.25, 0.3) is 0 Å². The highest BCUT2D eigenvalue weighted by atomic mass is 35.5. The van der Waals surface area contributed by atoms with Gasteiger partial charge in [0.1, 0.15) is 17.0 Å². The lowest BCUT2D eigenvalue weighted by atomic mass is 9.99. The number of hydrogen-bond acceptors (Lipinski definition) is 3. The van der Waals surface area contributed by atoms with Crippen molar-refractivity contribution in [1.29, 1.82) is 5.26 Å². The molecule has 0 aliphatic heterocycles. The zero-order chi connectivity index (χ0) is 16.2. The average Bonchev–Trinajstić information content (AvgIpc) is 2.62. The van der Waals surface area contributed by atoms with E-state index in [-0.39, 0.29) is 5.15 Å². The normalized spacial score (nSPS) is 10.1. The molecular weight excluding hydrogens is 308 g/mol. The summed E-state index contributed by atoms with van der Waals surface area (Å²) in [5.41, 5.74) is 3.72. The summed E-state index contributed by atoms with van der Waals surface area (Å²) in [6, 6.07) is 21.3. The van der Waals surface area contributed by atoms with E-state index in [9.17, 15) is 5.26 Å². The van der Waals surface area contributed by atoms with Gasteiger partial charge < -0.3 is 4.74 Å². The van der Waals surface area contributed by atoms with Crippen LogP contribution in [0, 0.1) is 11.3 Å². The Hall–Kier alpha value is -2.83. The highest BCUT2D eigenvalue weighted by Gasteiger charge is 2.13. The maximum atomic E-state index is 9.40. The van der Waals surface area contributed by atoms with Gasteiger partial charge in [-0.2, -0.15) is 5.26 Å². The van der Waals surface area contributed by atoms with Crippen molar-refractivity contribution in [1.82, 2.24) is 4.98 Å². The smallest absolute Gasteiger partial charge is 0.148 e. The van der Waals surface area contributed by atoms with Crippen LogP contribution >= 0.6 is 11.6 Å². The summed E-state index contributed by atoms with van der Waals surface area (Å²) in [5, 5.41) is 9.61. The first-order valence-corrected chi connectivity index (χ1v) is 7.41. The highest BCUT2D eigenvalue weighted by Crippen LogP contribution is 2.32. The van der Waals surface area contributed by atoms with Crippen molar-refractivity contribution >= 4 is 11.6 Å². The summed E-state index contributed by atoms with van der Waals surface area (Å²) < 4.78 is 5.17. The molecule has 1 heterocycles. The van der Waals surface area contributed by atoms with Crippen LogP contribution in [0.15, 0.2) is 60.7 Å². The van der Waals surface area contributed by atoms with E-state index in [2.05, 4.69) is 11.1 Å². The van der Waals surface area contributed by atoms with Crippen LogP contribution in [0.25, 0.3) is 22.4 Å². The van der Waals surface area contributed by atoms with Crippen LogP contribution in [0.4, 0.5) is 0 Å². The van der Waals surface area contributed by atoms with Gasteiger partial charge in [-0.05, 0) is 35.9 Å². The quantitative estimate of drug-likeness (QED) is 0.641. The Balaban J connectivity index is 2.16. The molecule has 0 saturated carbocycles. The number of nitrogens with zero attached hydrogens (tertiary/aromatic N) is 2. The molecule has 0 radical (unpaired) electrons. The molecule has 0 aliphatic rings. The van der Waals surface area contributed by atoms with Gasteiger partial charge in [-0.3, -0.25) is 0 Å². The lowest BCUT2D eigenvalue weighted by molar-refractivity contribution is 0.415. The number of nitriles is 1. The Morgan fingerprint density at radius 3 is 2.30 bits per heavy atom. The van der Waals surface area contributed by atoms with Crippen molar-refractivity contribution in [2.75, 3.05) is 7.11 Å². The van der Waals surface area contributed by atoms with Gasteiger partial charge in [-0.25, -0.2) is 4.98 Å². The number of benzene rings is 2. The molecule has 0 spiro atoms. The Kier molecular flexibility index (Phi) is 4.27. The zero-order valence-corrected chi connectivity index (χ0v) is 13.2. The fraction of sp³-hybridized carbons (Fsp3) is 0.0526. The first-order valence-electron chi connectivity index (χ1n) is 7.03. The second-order valence-electron chi connectivity index (χ2n) is 4.93. The van der Waals surface area contributed by atoms with E-state index in [1.807, 2.05) is 60.7 Å². The average molecular weight is 321 g/mol. The molecule has 0 unspecified atom stereocenters. The Morgan fingerprint density at radius 2 is 1.70 bits per heavy atom. The number of rotatable bonds is 3. The molecular formula is C19H13ClN2O. The molecule has 0 aliphatic carbocycles. The van der Waals surface area contributed by atoms with Crippen LogP contribution in [-0.2, 0) is 0 Å². The first kappa shape index (κ1) is 15.1. The van der Waals surface area contributed by atoms with E-state index in [0.29, 0.717) is 5.56 Å². The van der Waals surface area contributed by atoms with Gasteiger partial charge >= 0.3 is 0 Å². The van der Waals surface area contributed by atoms with Crippen molar-refractivity contribution in [3.05, 3.63) is 71.4 Å². The molecule has 2 aromatic carbocycles. The molecule has 3 nitrogen and oxygen atoms in total. The number of aromatic nitrogens is 1. The number of hydrogen-bond donors (Lipinski definition) is 0. The number of halogens is 1. The third-order valence-electron chi connectivity index (χ3n) is 3.56. The number of methoxy groups -OCH3 is 1. The van der Waals surface area contributed by atoms with Gasteiger partial charge in [-0.1, -0.05) is 41.9 Å². The van der Waals surface area contributed by atoms with Gasteiger partial charge in [0.2, 0.25) is 0 Å². The van der Waals surface area contributed by atoms with Gasteiger partial charge in [-0.15, -0.1) is 0 Å². The van der Waals surface area contributed by atoms with E-state index in [4.69, 9.17) is 16.3 Å². The van der Waals surface area contributed by atoms with Crippen LogP contribution in [0.2, 0.25) is 5.15 Å². The third kappa shape index (κ3) is 3.03. The molecule has 112 valence electrons. The molecule has 3 aromatic rings. The summed E-state index contributed by atoms with van der Waals surface area (Å²) in [7, 11) is 1.62. The molecule has 23 heavy (non-hydrogen) atoms. The Bertz CT molecular complexity index is 868. The zero-order valence-electron chi connectivity index (χ0n) is 12.5.